The Morgan fingerprint density at radius 2 is 1.82 bits per heavy atom. The van der Waals surface area contributed by atoms with Crippen LogP contribution >= 0.6 is 0 Å². The molecule has 210 valence electrons. The van der Waals surface area contributed by atoms with Gasteiger partial charge in [-0.05, 0) is 72.4 Å². The molecule has 0 spiro atoms. The number of likely N-dealkylation sites (tertiary alicyclic amines) is 1. The Bertz CT molecular complexity index is 1330. The van der Waals surface area contributed by atoms with Crippen molar-refractivity contribution in [2.24, 2.45) is 5.92 Å². The summed E-state index contributed by atoms with van der Waals surface area (Å²) in [5.41, 5.74) is 2.80. The van der Waals surface area contributed by atoms with Crippen LogP contribution in [0.15, 0.2) is 85.2 Å². The average Bonchev–Trinajstić information content (AvgIpc) is 3.64. The summed E-state index contributed by atoms with van der Waals surface area (Å²) >= 11 is -2.37. The van der Waals surface area contributed by atoms with Gasteiger partial charge in [0, 0.05) is 24.7 Å². The van der Waals surface area contributed by atoms with Gasteiger partial charge in [0.1, 0.15) is 18.8 Å². The molecule has 40 heavy (non-hydrogen) atoms. The van der Waals surface area contributed by atoms with E-state index < -0.39 is 22.2 Å². The second-order valence-corrected chi connectivity index (χ2v) is 11.5. The summed E-state index contributed by atoms with van der Waals surface area (Å²) in [5.74, 6) is -0.177. The molecular weight excluding hydrogens is 531 g/mol. The SMILES string of the molecule is O=S([O-])C(c1ccc(F)cc1)N1CCC(C2NC(c3ccccn3)=CN2C2(Cc3ccccc3)COCO2)CC1. The molecule has 1 aromatic heterocycles. The van der Waals surface area contributed by atoms with Crippen LogP contribution in [0.1, 0.15) is 35.0 Å². The summed E-state index contributed by atoms with van der Waals surface area (Å²) in [6.45, 7) is 1.83. The van der Waals surface area contributed by atoms with Gasteiger partial charge in [-0.3, -0.25) is 14.1 Å². The first-order valence-electron chi connectivity index (χ1n) is 13.5. The Labute approximate surface area is 236 Å². The third kappa shape index (κ3) is 5.55. The van der Waals surface area contributed by atoms with Crippen LogP contribution in [0.4, 0.5) is 4.39 Å². The van der Waals surface area contributed by atoms with E-state index in [1.807, 2.05) is 41.3 Å². The zero-order valence-electron chi connectivity index (χ0n) is 22.0. The standard InChI is InChI=1S/C30H33FN4O4S/c31-25-11-9-24(10-12-25)29(40(36)37)34-16-13-23(14-17-34)28-33-27(26-8-4-5-15-32-26)19-35(28)30(20-38-21-39-30)18-22-6-2-1-3-7-22/h1-12,15,19,23,28-29,33H,13-14,16-18,20-21H2,(H,36,37)/p-1. The summed E-state index contributed by atoms with van der Waals surface area (Å²) < 4.78 is 50.2. The molecule has 0 amide bonds. The van der Waals surface area contributed by atoms with Crippen LogP contribution in [0.25, 0.3) is 5.70 Å². The van der Waals surface area contributed by atoms with Gasteiger partial charge >= 0.3 is 0 Å². The molecule has 3 aliphatic heterocycles. The number of rotatable bonds is 8. The van der Waals surface area contributed by atoms with Crippen LogP contribution in [-0.2, 0) is 27.0 Å². The number of aromatic nitrogens is 1. The molecule has 0 bridgehead atoms. The van der Waals surface area contributed by atoms with Crippen molar-refractivity contribution in [2.75, 3.05) is 26.5 Å². The molecular formula is C30H32FN4O4S-. The molecule has 6 rings (SSSR count). The van der Waals surface area contributed by atoms with Crippen LogP contribution in [0.2, 0.25) is 0 Å². The lowest BCUT2D eigenvalue weighted by Crippen LogP contribution is -2.58. The van der Waals surface area contributed by atoms with E-state index in [4.69, 9.17) is 9.47 Å². The third-order valence-electron chi connectivity index (χ3n) is 8.03. The van der Waals surface area contributed by atoms with E-state index in [1.54, 1.807) is 18.3 Å². The van der Waals surface area contributed by atoms with E-state index >= 15 is 0 Å². The van der Waals surface area contributed by atoms with E-state index in [0.717, 1.165) is 29.8 Å². The van der Waals surface area contributed by atoms with Crippen LogP contribution in [0, 0.1) is 11.7 Å². The van der Waals surface area contributed by atoms with Gasteiger partial charge < -0.3 is 24.2 Å². The fraction of sp³-hybridized carbons (Fsp3) is 0.367. The molecule has 2 fully saturated rings. The molecule has 3 aliphatic rings. The second-order valence-electron chi connectivity index (χ2n) is 10.5. The monoisotopic (exact) mass is 563 g/mol. The number of halogens is 1. The number of piperidine rings is 1. The van der Waals surface area contributed by atoms with Gasteiger partial charge in [-0.25, -0.2) is 4.39 Å². The van der Waals surface area contributed by atoms with E-state index in [1.165, 1.54) is 12.1 Å². The lowest BCUT2D eigenvalue weighted by molar-refractivity contribution is -0.120. The average molecular weight is 564 g/mol. The molecule has 2 saturated heterocycles. The lowest BCUT2D eigenvalue weighted by atomic mass is 9.91. The van der Waals surface area contributed by atoms with E-state index in [2.05, 4.69) is 33.5 Å². The molecule has 10 heteroatoms. The number of hydrogen-bond acceptors (Lipinski definition) is 8. The number of pyridine rings is 1. The first-order valence-corrected chi connectivity index (χ1v) is 14.7. The van der Waals surface area contributed by atoms with E-state index in [0.29, 0.717) is 31.7 Å². The van der Waals surface area contributed by atoms with Crippen molar-refractivity contribution in [2.45, 2.75) is 36.5 Å². The summed E-state index contributed by atoms with van der Waals surface area (Å²) in [6.07, 6.45) is 5.99. The zero-order chi connectivity index (χ0) is 27.5. The third-order valence-corrected chi connectivity index (χ3v) is 8.97. The minimum atomic E-state index is -2.37. The molecule has 0 aliphatic carbocycles. The van der Waals surface area contributed by atoms with Crippen molar-refractivity contribution in [3.63, 3.8) is 0 Å². The minimum absolute atomic E-state index is 0.0911. The van der Waals surface area contributed by atoms with Crippen molar-refractivity contribution in [1.82, 2.24) is 20.1 Å². The van der Waals surface area contributed by atoms with Crippen molar-refractivity contribution in [1.29, 1.82) is 0 Å². The summed E-state index contributed by atoms with van der Waals surface area (Å²) in [6, 6.07) is 21.8. The molecule has 4 unspecified atom stereocenters. The first kappa shape index (κ1) is 27.0. The molecule has 2 aromatic carbocycles. The van der Waals surface area contributed by atoms with Gasteiger partial charge in [-0.15, -0.1) is 0 Å². The highest BCUT2D eigenvalue weighted by Crippen LogP contribution is 2.39. The Kier molecular flexibility index (Phi) is 7.95. The Morgan fingerprint density at radius 3 is 2.48 bits per heavy atom. The fourth-order valence-electron chi connectivity index (χ4n) is 6.06. The topological polar surface area (TPSA) is 90.0 Å². The Hall–Kier alpha value is -3.15. The number of nitrogens with zero attached hydrogens (tertiary/aromatic N) is 3. The van der Waals surface area contributed by atoms with Gasteiger partial charge in [0.2, 0.25) is 0 Å². The van der Waals surface area contributed by atoms with Crippen molar-refractivity contribution >= 4 is 16.8 Å². The maximum atomic E-state index is 13.5. The van der Waals surface area contributed by atoms with E-state index in [9.17, 15) is 13.2 Å². The van der Waals surface area contributed by atoms with Crippen molar-refractivity contribution < 1.29 is 22.6 Å². The van der Waals surface area contributed by atoms with E-state index in [-0.39, 0.29) is 24.7 Å². The second kappa shape index (κ2) is 11.8. The van der Waals surface area contributed by atoms with Crippen LogP contribution in [0.5, 0.6) is 0 Å². The number of nitrogens with one attached hydrogen (secondary N) is 1. The highest BCUT2D eigenvalue weighted by atomic mass is 32.2. The normalized spacial score (nSPS) is 25.4. The maximum absolute atomic E-state index is 13.5. The molecule has 0 radical (unpaired) electrons. The summed E-state index contributed by atoms with van der Waals surface area (Å²) in [5, 5.41) is 2.91. The maximum Gasteiger partial charge on any atom is 0.172 e. The van der Waals surface area contributed by atoms with Gasteiger partial charge in [-0.2, -0.15) is 0 Å². The quantitative estimate of drug-likeness (QED) is 0.412. The van der Waals surface area contributed by atoms with Gasteiger partial charge in [-0.1, -0.05) is 48.5 Å². The zero-order valence-corrected chi connectivity index (χ0v) is 22.8. The first-order chi connectivity index (χ1) is 19.5. The predicted octanol–water partition coefficient (Wildman–Crippen LogP) is 3.98. The smallest absolute Gasteiger partial charge is 0.172 e. The van der Waals surface area contributed by atoms with Gasteiger partial charge in [0.05, 0.1) is 23.4 Å². The molecule has 0 saturated carbocycles. The number of ether oxygens (including phenoxy) is 2. The minimum Gasteiger partial charge on any atom is -0.771 e. The van der Waals surface area contributed by atoms with Crippen LogP contribution < -0.4 is 5.32 Å². The highest BCUT2D eigenvalue weighted by Gasteiger charge is 2.49. The molecule has 4 heterocycles. The largest absolute Gasteiger partial charge is 0.771 e. The number of benzene rings is 2. The Balaban J connectivity index is 1.25. The van der Waals surface area contributed by atoms with Crippen molar-refractivity contribution in [3.05, 3.63) is 108 Å². The highest BCUT2D eigenvalue weighted by molar-refractivity contribution is 7.79. The van der Waals surface area contributed by atoms with Crippen LogP contribution in [-0.4, -0.2) is 61.9 Å². The predicted molar refractivity (Wildman–Crippen MR) is 148 cm³/mol. The Morgan fingerprint density at radius 1 is 1.07 bits per heavy atom. The molecule has 8 nitrogen and oxygen atoms in total. The van der Waals surface area contributed by atoms with Crippen molar-refractivity contribution in [3.8, 4) is 0 Å². The lowest BCUT2D eigenvalue weighted by Gasteiger charge is -2.46. The number of hydrogen-bond donors (Lipinski definition) is 1. The molecule has 1 N–H and O–H groups in total. The molecule has 3 aromatic rings. The fourth-order valence-corrected chi connectivity index (χ4v) is 6.89. The van der Waals surface area contributed by atoms with Gasteiger partial charge in [0.25, 0.3) is 0 Å². The summed E-state index contributed by atoms with van der Waals surface area (Å²) in [4.78, 5) is 8.80. The molecule has 4 atom stereocenters. The van der Waals surface area contributed by atoms with Crippen LogP contribution in [0.3, 0.4) is 0 Å². The summed E-state index contributed by atoms with van der Waals surface area (Å²) in [7, 11) is 0. The van der Waals surface area contributed by atoms with Gasteiger partial charge in [0.15, 0.2) is 5.72 Å².